The lowest BCUT2D eigenvalue weighted by atomic mass is 9.45. The number of benzene rings is 1. The Morgan fingerprint density at radius 3 is 2.57 bits per heavy atom. The number of carbonyl (C=O) groups is 1. The summed E-state index contributed by atoms with van der Waals surface area (Å²) in [7, 11) is 2.07. The third-order valence-electron chi connectivity index (χ3n) is 10.2. The van der Waals surface area contributed by atoms with E-state index in [1.165, 1.54) is 44.1 Å². The van der Waals surface area contributed by atoms with Crippen molar-refractivity contribution in [3.05, 3.63) is 34.9 Å². The molecule has 3 saturated carbocycles. The minimum atomic E-state index is 0.315. The number of hydrogen-bond acceptors (Lipinski definition) is 1. The Labute approximate surface area is 187 Å². The molecule has 3 aliphatic carbocycles. The quantitative estimate of drug-likeness (QED) is 0.520. The second-order valence-electron chi connectivity index (χ2n) is 11.9. The lowest BCUT2D eigenvalue weighted by molar-refractivity contribution is -0.164. The molecule has 1 aromatic rings. The molecule has 1 aliphatic heterocycles. The second kappa shape index (κ2) is 7.26. The van der Waals surface area contributed by atoms with Gasteiger partial charge in [-0.05, 0) is 103 Å². The van der Waals surface area contributed by atoms with Gasteiger partial charge in [0.2, 0.25) is 5.91 Å². The molecule has 4 fully saturated rings. The predicted molar refractivity (Wildman–Crippen MR) is 123 cm³/mol. The second-order valence-corrected chi connectivity index (χ2v) is 12.3. The van der Waals surface area contributed by atoms with Crippen LogP contribution in [0.25, 0.3) is 0 Å². The first-order valence-electron chi connectivity index (χ1n) is 12.2. The highest BCUT2D eigenvalue weighted by Crippen LogP contribution is 2.67. The van der Waals surface area contributed by atoms with E-state index in [9.17, 15) is 4.79 Å². The maximum Gasteiger partial charge on any atom is 0.222 e. The van der Waals surface area contributed by atoms with Gasteiger partial charge in [-0.1, -0.05) is 44.5 Å². The number of likely N-dealkylation sites (tertiary alicyclic amines) is 1. The molecule has 0 aromatic heterocycles. The monoisotopic (exact) mass is 427 g/mol. The molecule has 1 saturated heterocycles. The lowest BCUT2D eigenvalue weighted by Gasteiger charge is -2.63. The molecule has 4 aliphatic rings. The molecular formula is C27H38ClNO. The Hall–Kier alpha value is -1.02. The van der Waals surface area contributed by atoms with Crippen molar-refractivity contribution in [2.45, 2.75) is 78.2 Å². The fourth-order valence-corrected chi connectivity index (χ4v) is 8.91. The number of amides is 1. The number of piperidine rings is 1. The zero-order valence-corrected chi connectivity index (χ0v) is 19.9. The van der Waals surface area contributed by atoms with E-state index in [0.717, 1.165) is 47.5 Å². The number of rotatable bonds is 2. The zero-order valence-electron chi connectivity index (χ0n) is 19.2. The van der Waals surface area contributed by atoms with E-state index in [-0.39, 0.29) is 0 Å². The molecule has 5 rings (SSSR count). The highest BCUT2D eigenvalue weighted by Gasteiger charge is 2.61. The smallest absolute Gasteiger partial charge is 0.222 e. The Bertz CT molecular complexity index is 821. The molecule has 30 heavy (non-hydrogen) atoms. The van der Waals surface area contributed by atoms with Gasteiger partial charge < -0.3 is 4.90 Å². The Morgan fingerprint density at radius 2 is 1.83 bits per heavy atom. The van der Waals surface area contributed by atoms with Gasteiger partial charge in [0.15, 0.2) is 0 Å². The van der Waals surface area contributed by atoms with Crippen LogP contribution in [0.3, 0.4) is 0 Å². The standard InChI is InChI=1S/C27H38ClNO/c1-17-13-23-27(3,12-10-24(30)29(23)4)21-9-11-26(2)16-19(15-22(26)25(17)21)14-18-5-7-20(28)8-6-18/h5-8,17,19,21-23,25H,9-16H2,1-4H3/t17-,19?,21-,22-,23+,25?,26+,27+/m0/s1. The van der Waals surface area contributed by atoms with Gasteiger partial charge in [0, 0.05) is 24.5 Å². The number of halogens is 1. The zero-order chi connectivity index (χ0) is 21.3. The fraction of sp³-hybridized carbons (Fsp3) is 0.741. The van der Waals surface area contributed by atoms with Crippen LogP contribution in [0.1, 0.15) is 71.3 Å². The molecular weight excluding hydrogens is 390 g/mol. The summed E-state index contributed by atoms with van der Waals surface area (Å²) in [4.78, 5) is 14.6. The third-order valence-corrected chi connectivity index (χ3v) is 10.5. The summed E-state index contributed by atoms with van der Waals surface area (Å²) in [5, 5.41) is 0.836. The fourth-order valence-electron chi connectivity index (χ4n) is 8.78. The van der Waals surface area contributed by atoms with Gasteiger partial charge in [0.05, 0.1) is 0 Å². The average molecular weight is 428 g/mol. The number of hydrogen-bond donors (Lipinski definition) is 0. The summed E-state index contributed by atoms with van der Waals surface area (Å²) in [5.74, 6) is 4.36. The van der Waals surface area contributed by atoms with E-state index in [1.54, 1.807) is 0 Å². The predicted octanol–water partition coefficient (Wildman–Crippen LogP) is 6.61. The van der Waals surface area contributed by atoms with Crippen molar-refractivity contribution in [2.24, 2.45) is 40.4 Å². The first kappa shape index (κ1) is 20.9. The number of carbonyl (C=O) groups excluding carboxylic acids is 1. The summed E-state index contributed by atoms with van der Waals surface area (Å²) in [6.45, 7) is 7.64. The van der Waals surface area contributed by atoms with Crippen LogP contribution in [0, 0.1) is 40.4 Å². The van der Waals surface area contributed by atoms with Crippen LogP contribution >= 0.6 is 11.6 Å². The molecule has 1 aromatic carbocycles. The minimum absolute atomic E-state index is 0.315. The Morgan fingerprint density at radius 1 is 1.10 bits per heavy atom. The minimum Gasteiger partial charge on any atom is -0.342 e. The highest BCUT2D eigenvalue weighted by molar-refractivity contribution is 6.30. The van der Waals surface area contributed by atoms with Crippen molar-refractivity contribution >= 4 is 17.5 Å². The molecule has 8 atom stereocenters. The molecule has 0 bridgehead atoms. The van der Waals surface area contributed by atoms with Gasteiger partial charge in [-0.15, -0.1) is 0 Å². The summed E-state index contributed by atoms with van der Waals surface area (Å²) < 4.78 is 0. The topological polar surface area (TPSA) is 20.3 Å². The maximum absolute atomic E-state index is 12.4. The summed E-state index contributed by atoms with van der Waals surface area (Å²) in [5.41, 5.74) is 2.26. The molecule has 164 valence electrons. The molecule has 2 nitrogen and oxygen atoms in total. The SMILES string of the molecule is C[C@H]1C[C@H]2N(C)C(=O)CC[C@]2(C)[C@H]2CC[C@]3(C)CC(Cc4ccc(Cl)cc4)C[C@H]3C12. The average Bonchev–Trinajstić information content (AvgIpc) is 3.04. The largest absolute Gasteiger partial charge is 0.342 e. The molecule has 1 amide bonds. The summed E-state index contributed by atoms with van der Waals surface area (Å²) in [6.07, 6.45) is 9.78. The van der Waals surface area contributed by atoms with Crippen molar-refractivity contribution in [3.63, 3.8) is 0 Å². The van der Waals surface area contributed by atoms with Crippen LogP contribution in [0.5, 0.6) is 0 Å². The van der Waals surface area contributed by atoms with Crippen LogP contribution in [0.4, 0.5) is 0 Å². The van der Waals surface area contributed by atoms with Crippen molar-refractivity contribution in [3.8, 4) is 0 Å². The summed E-state index contributed by atoms with van der Waals surface area (Å²) in [6, 6.07) is 8.98. The van der Waals surface area contributed by atoms with Gasteiger partial charge >= 0.3 is 0 Å². The third kappa shape index (κ3) is 3.15. The van der Waals surface area contributed by atoms with E-state index >= 15 is 0 Å². The molecule has 0 N–H and O–H groups in total. The van der Waals surface area contributed by atoms with Crippen molar-refractivity contribution in [2.75, 3.05) is 7.05 Å². The van der Waals surface area contributed by atoms with Crippen molar-refractivity contribution in [1.82, 2.24) is 4.90 Å². The van der Waals surface area contributed by atoms with E-state index in [2.05, 4.69) is 44.9 Å². The van der Waals surface area contributed by atoms with Gasteiger partial charge in [0.25, 0.3) is 0 Å². The van der Waals surface area contributed by atoms with Crippen LogP contribution in [0.15, 0.2) is 24.3 Å². The van der Waals surface area contributed by atoms with Crippen LogP contribution in [-0.4, -0.2) is 23.9 Å². The number of nitrogens with zero attached hydrogens (tertiary/aromatic N) is 1. The first-order valence-corrected chi connectivity index (χ1v) is 12.6. The van der Waals surface area contributed by atoms with Crippen LogP contribution < -0.4 is 0 Å². The Kier molecular flexibility index (Phi) is 5.05. The normalized spacial score (nSPS) is 45.6. The van der Waals surface area contributed by atoms with Gasteiger partial charge in [-0.2, -0.15) is 0 Å². The van der Waals surface area contributed by atoms with Crippen LogP contribution in [0.2, 0.25) is 5.02 Å². The van der Waals surface area contributed by atoms with E-state index < -0.39 is 0 Å². The maximum atomic E-state index is 12.4. The van der Waals surface area contributed by atoms with E-state index in [0.29, 0.717) is 22.8 Å². The molecule has 0 radical (unpaired) electrons. The van der Waals surface area contributed by atoms with E-state index in [1.807, 2.05) is 12.1 Å². The highest BCUT2D eigenvalue weighted by atomic mass is 35.5. The molecule has 3 heteroatoms. The van der Waals surface area contributed by atoms with Gasteiger partial charge in [0.1, 0.15) is 0 Å². The van der Waals surface area contributed by atoms with Crippen LogP contribution in [-0.2, 0) is 11.2 Å². The molecule has 1 heterocycles. The Balaban J connectivity index is 1.39. The van der Waals surface area contributed by atoms with E-state index in [4.69, 9.17) is 11.6 Å². The number of fused-ring (bicyclic) bond motifs is 5. The van der Waals surface area contributed by atoms with Crippen molar-refractivity contribution < 1.29 is 4.79 Å². The lowest BCUT2D eigenvalue weighted by Crippen LogP contribution is -2.62. The first-order chi connectivity index (χ1) is 14.2. The summed E-state index contributed by atoms with van der Waals surface area (Å²) >= 11 is 6.11. The van der Waals surface area contributed by atoms with Gasteiger partial charge in [-0.3, -0.25) is 4.79 Å². The molecule has 2 unspecified atom stereocenters. The van der Waals surface area contributed by atoms with Gasteiger partial charge in [-0.25, -0.2) is 0 Å². The molecule has 0 spiro atoms. The van der Waals surface area contributed by atoms with Crippen molar-refractivity contribution in [1.29, 1.82) is 0 Å².